The van der Waals surface area contributed by atoms with Gasteiger partial charge in [0.2, 0.25) is 5.95 Å². The molecular weight excluding hydrogens is 495 g/mol. The lowest BCUT2D eigenvalue weighted by Gasteiger charge is -2.36. The zero-order valence-electron chi connectivity index (χ0n) is 20.6. The third kappa shape index (κ3) is 5.42. The number of thiophene rings is 1. The fourth-order valence-corrected chi connectivity index (χ4v) is 5.37. The number of aromatic nitrogens is 2. The van der Waals surface area contributed by atoms with Crippen molar-refractivity contribution in [2.24, 2.45) is 0 Å². The van der Waals surface area contributed by atoms with Crippen LogP contribution in [-0.4, -0.2) is 48.2 Å². The van der Waals surface area contributed by atoms with Gasteiger partial charge >= 0.3 is 0 Å². The summed E-state index contributed by atoms with van der Waals surface area (Å²) in [6.07, 6.45) is 4.33. The van der Waals surface area contributed by atoms with E-state index in [2.05, 4.69) is 39.8 Å². The normalized spacial score (nSPS) is 17.5. The largest absolute Gasteiger partial charge is 0.495 e. The van der Waals surface area contributed by atoms with Crippen LogP contribution in [0.3, 0.4) is 0 Å². The molecule has 0 unspecified atom stereocenters. The SMILES string of the molecule is COc1csc(-c2ccoc2)c1C(=O)Nc1ccc(Nc2nc(N3C[C@@H](C)N[C@@H](C)C3)ncc2F)cc1. The number of carbonyl (C=O) groups excluding carboxylic acids is 1. The molecule has 1 amide bonds. The molecule has 5 rings (SSSR count). The van der Waals surface area contributed by atoms with Crippen LogP contribution in [0.5, 0.6) is 5.75 Å². The molecule has 3 aromatic heterocycles. The summed E-state index contributed by atoms with van der Waals surface area (Å²) in [6.45, 7) is 5.67. The van der Waals surface area contributed by atoms with Crippen LogP contribution in [0, 0.1) is 5.82 Å². The topological polar surface area (TPSA) is 105 Å². The van der Waals surface area contributed by atoms with Gasteiger partial charge in [-0.15, -0.1) is 11.3 Å². The molecule has 3 N–H and O–H groups in total. The Balaban J connectivity index is 1.30. The number of piperazine rings is 1. The number of furan rings is 1. The van der Waals surface area contributed by atoms with Crippen LogP contribution in [-0.2, 0) is 0 Å². The van der Waals surface area contributed by atoms with Crippen molar-refractivity contribution in [1.29, 1.82) is 0 Å². The van der Waals surface area contributed by atoms with Crippen LogP contribution >= 0.6 is 11.3 Å². The number of nitrogens with one attached hydrogen (secondary N) is 3. The van der Waals surface area contributed by atoms with E-state index >= 15 is 0 Å². The number of benzene rings is 1. The fraction of sp³-hybridized carbons (Fsp3) is 0.269. The van der Waals surface area contributed by atoms with Gasteiger partial charge in [0, 0.05) is 47.5 Å². The lowest BCUT2D eigenvalue weighted by Crippen LogP contribution is -2.54. The third-order valence-corrected chi connectivity index (χ3v) is 6.97. The van der Waals surface area contributed by atoms with E-state index in [1.165, 1.54) is 24.6 Å². The Morgan fingerprint density at radius 2 is 1.92 bits per heavy atom. The van der Waals surface area contributed by atoms with Gasteiger partial charge in [0.05, 0.1) is 30.7 Å². The Morgan fingerprint density at radius 1 is 1.19 bits per heavy atom. The molecule has 2 atom stereocenters. The molecule has 4 aromatic rings. The summed E-state index contributed by atoms with van der Waals surface area (Å²) in [5.41, 5.74) is 2.43. The Morgan fingerprint density at radius 3 is 2.59 bits per heavy atom. The van der Waals surface area contributed by atoms with Crippen molar-refractivity contribution in [3.05, 3.63) is 65.8 Å². The van der Waals surface area contributed by atoms with Gasteiger partial charge in [-0.25, -0.2) is 9.37 Å². The maximum atomic E-state index is 14.5. The fourth-order valence-electron chi connectivity index (χ4n) is 4.37. The maximum Gasteiger partial charge on any atom is 0.260 e. The van der Waals surface area contributed by atoms with Crippen molar-refractivity contribution in [3.63, 3.8) is 0 Å². The second kappa shape index (κ2) is 10.6. The standard InChI is InChI=1S/C26H27FN6O3S/c1-15-11-33(12-16(2)29-15)26-28-10-20(27)24(32-26)30-18-4-6-19(7-5-18)31-25(34)22-21(35-3)14-37-23(22)17-8-9-36-13-17/h4-10,13-16,29H,11-12H2,1-3H3,(H,31,34)(H,28,30,32)/t15-,16+. The molecule has 0 radical (unpaired) electrons. The summed E-state index contributed by atoms with van der Waals surface area (Å²) in [5.74, 6) is 0.203. The number of methoxy groups -OCH3 is 1. The number of nitrogens with zero attached hydrogens (tertiary/aromatic N) is 3. The highest BCUT2D eigenvalue weighted by Crippen LogP contribution is 2.38. The van der Waals surface area contributed by atoms with Crippen LogP contribution in [0.4, 0.5) is 27.5 Å². The predicted molar refractivity (Wildman–Crippen MR) is 143 cm³/mol. The monoisotopic (exact) mass is 522 g/mol. The summed E-state index contributed by atoms with van der Waals surface area (Å²) in [7, 11) is 1.53. The van der Waals surface area contributed by atoms with Crippen LogP contribution in [0.25, 0.3) is 10.4 Å². The molecule has 0 spiro atoms. The minimum atomic E-state index is -0.548. The van der Waals surface area contributed by atoms with E-state index in [9.17, 15) is 9.18 Å². The molecule has 1 saturated heterocycles. The Hall–Kier alpha value is -3.96. The van der Waals surface area contributed by atoms with Crippen molar-refractivity contribution in [1.82, 2.24) is 15.3 Å². The van der Waals surface area contributed by atoms with E-state index < -0.39 is 5.82 Å². The van der Waals surface area contributed by atoms with E-state index in [4.69, 9.17) is 9.15 Å². The molecule has 0 aliphatic carbocycles. The number of halogens is 1. The van der Waals surface area contributed by atoms with Crippen molar-refractivity contribution in [2.45, 2.75) is 25.9 Å². The smallest absolute Gasteiger partial charge is 0.260 e. The quantitative estimate of drug-likeness (QED) is 0.307. The highest BCUT2D eigenvalue weighted by molar-refractivity contribution is 7.14. The Labute approximate surface area is 217 Å². The van der Waals surface area contributed by atoms with Crippen molar-refractivity contribution >= 4 is 40.4 Å². The maximum absolute atomic E-state index is 14.5. The van der Waals surface area contributed by atoms with E-state index in [1.807, 2.05) is 4.90 Å². The van der Waals surface area contributed by atoms with Gasteiger partial charge in [0.25, 0.3) is 5.91 Å². The van der Waals surface area contributed by atoms with E-state index in [0.717, 1.165) is 23.5 Å². The molecule has 4 heterocycles. The lowest BCUT2D eigenvalue weighted by atomic mass is 10.1. The van der Waals surface area contributed by atoms with Crippen LogP contribution in [0.1, 0.15) is 24.2 Å². The number of hydrogen-bond donors (Lipinski definition) is 3. The first-order valence-electron chi connectivity index (χ1n) is 11.8. The number of rotatable bonds is 7. The van der Waals surface area contributed by atoms with Crippen LogP contribution in [0.2, 0.25) is 0 Å². The first kappa shape index (κ1) is 24.7. The molecule has 1 aliphatic heterocycles. The average Bonchev–Trinajstić information content (AvgIpc) is 3.56. The first-order chi connectivity index (χ1) is 17.9. The molecule has 0 saturated carbocycles. The van der Waals surface area contributed by atoms with E-state index in [0.29, 0.717) is 28.6 Å². The van der Waals surface area contributed by atoms with Gasteiger partial charge in [0.1, 0.15) is 11.3 Å². The van der Waals surface area contributed by atoms with Gasteiger partial charge in [-0.2, -0.15) is 4.98 Å². The zero-order valence-corrected chi connectivity index (χ0v) is 21.4. The second-order valence-corrected chi connectivity index (χ2v) is 9.80. The highest BCUT2D eigenvalue weighted by atomic mass is 32.1. The molecule has 9 nitrogen and oxygen atoms in total. The summed E-state index contributed by atoms with van der Waals surface area (Å²) < 4.78 is 25.1. The molecule has 1 fully saturated rings. The molecule has 0 bridgehead atoms. The number of ether oxygens (including phenoxy) is 1. The van der Waals surface area contributed by atoms with Gasteiger partial charge < -0.3 is 30.0 Å². The Bertz CT molecular complexity index is 1370. The summed E-state index contributed by atoms with van der Waals surface area (Å²) in [5, 5.41) is 11.2. The zero-order chi connectivity index (χ0) is 25.9. The molecule has 1 aromatic carbocycles. The van der Waals surface area contributed by atoms with Crippen molar-refractivity contribution in [3.8, 4) is 16.2 Å². The summed E-state index contributed by atoms with van der Waals surface area (Å²) in [6, 6.07) is 9.31. The average molecular weight is 523 g/mol. The molecule has 37 heavy (non-hydrogen) atoms. The van der Waals surface area contributed by atoms with Crippen molar-refractivity contribution in [2.75, 3.05) is 35.7 Å². The first-order valence-corrected chi connectivity index (χ1v) is 12.7. The predicted octanol–water partition coefficient (Wildman–Crippen LogP) is 5.13. The summed E-state index contributed by atoms with van der Waals surface area (Å²) >= 11 is 1.40. The van der Waals surface area contributed by atoms with Crippen molar-refractivity contribution < 1.29 is 18.3 Å². The molecule has 192 valence electrons. The van der Waals surface area contributed by atoms with E-state index in [1.54, 1.807) is 48.2 Å². The van der Waals surface area contributed by atoms with E-state index in [-0.39, 0.29) is 23.8 Å². The molecule has 11 heteroatoms. The minimum absolute atomic E-state index is 0.0911. The summed E-state index contributed by atoms with van der Waals surface area (Å²) in [4.78, 5) is 24.5. The third-order valence-electron chi connectivity index (χ3n) is 5.96. The molecule has 1 aliphatic rings. The number of carbonyl (C=O) groups is 1. The number of amides is 1. The highest BCUT2D eigenvalue weighted by Gasteiger charge is 2.24. The van der Waals surface area contributed by atoms with Gasteiger partial charge in [-0.1, -0.05) is 0 Å². The van der Waals surface area contributed by atoms with Crippen LogP contribution in [0.15, 0.2) is 58.9 Å². The van der Waals surface area contributed by atoms with Gasteiger partial charge in [-0.3, -0.25) is 4.79 Å². The number of anilines is 4. The minimum Gasteiger partial charge on any atom is -0.495 e. The van der Waals surface area contributed by atoms with Gasteiger partial charge in [0.15, 0.2) is 11.6 Å². The van der Waals surface area contributed by atoms with Crippen LogP contribution < -0.4 is 25.6 Å². The van der Waals surface area contributed by atoms with Gasteiger partial charge in [-0.05, 0) is 44.2 Å². The Kier molecular flexibility index (Phi) is 7.06. The lowest BCUT2D eigenvalue weighted by molar-refractivity contribution is 0.102. The second-order valence-electron chi connectivity index (χ2n) is 8.92. The number of hydrogen-bond acceptors (Lipinski definition) is 9. The molecular formula is C26H27FN6O3S.